The fraction of sp³-hybridized carbons (Fsp3) is 0.379. The normalized spacial score (nSPS) is 15.2. The number of aromatic nitrogens is 4. The van der Waals surface area contributed by atoms with Crippen LogP contribution in [0.5, 0.6) is 0 Å². The van der Waals surface area contributed by atoms with Gasteiger partial charge in [-0.15, -0.1) is 0 Å². The van der Waals surface area contributed by atoms with Crippen LogP contribution in [0.2, 0.25) is 0 Å². The average molecular weight is 539 g/mol. The second-order valence-corrected chi connectivity index (χ2v) is 10.1. The van der Waals surface area contributed by atoms with E-state index in [0.29, 0.717) is 30.8 Å². The summed E-state index contributed by atoms with van der Waals surface area (Å²) in [5.41, 5.74) is 2.61. The van der Waals surface area contributed by atoms with E-state index >= 15 is 0 Å². The number of benzene rings is 2. The van der Waals surface area contributed by atoms with E-state index in [1.807, 2.05) is 42.8 Å². The Morgan fingerprint density at radius 2 is 1.90 bits per heavy atom. The number of esters is 1. The van der Waals surface area contributed by atoms with Crippen molar-refractivity contribution in [2.75, 3.05) is 6.61 Å². The van der Waals surface area contributed by atoms with Crippen LogP contribution in [-0.4, -0.2) is 38.7 Å². The first-order valence-corrected chi connectivity index (χ1v) is 12.9. The standard InChI is InChI=1S/C29H29F3N4O3/c1-4-25(37)38-17-18(2)22-7-5-6-20(15-22)16-36-19(3)14-24(34-36)27-33-26(35-39-27)21-8-10-23(11-9-21)28(12-13-28)29(30,31)32/h5-11,14-15,18H,4,12-13,16-17H2,1-3H3. The van der Waals surface area contributed by atoms with E-state index in [1.54, 1.807) is 19.1 Å². The van der Waals surface area contributed by atoms with Gasteiger partial charge in [0.05, 0.1) is 18.6 Å². The first-order valence-electron chi connectivity index (χ1n) is 12.9. The molecular formula is C29H29F3N4O3. The minimum Gasteiger partial charge on any atom is -0.465 e. The molecule has 1 fully saturated rings. The molecule has 5 rings (SSSR count). The van der Waals surface area contributed by atoms with Crippen molar-refractivity contribution in [3.05, 3.63) is 77.0 Å². The molecule has 1 aliphatic rings. The van der Waals surface area contributed by atoms with Crippen LogP contribution < -0.4 is 0 Å². The SMILES string of the molecule is CCC(=O)OCC(C)c1cccc(Cn2nc(-c3nc(-c4ccc(C5(C(F)(F)F)CC5)cc4)no3)cc2C)c1. The summed E-state index contributed by atoms with van der Waals surface area (Å²) in [4.78, 5) is 15.9. The lowest BCUT2D eigenvalue weighted by molar-refractivity contribution is -0.160. The van der Waals surface area contributed by atoms with Crippen molar-refractivity contribution >= 4 is 5.97 Å². The van der Waals surface area contributed by atoms with Crippen molar-refractivity contribution in [2.24, 2.45) is 0 Å². The third kappa shape index (κ3) is 5.46. The lowest BCUT2D eigenvalue weighted by Gasteiger charge is -2.19. The number of ether oxygens (including phenoxy) is 1. The Hall–Kier alpha value is -3.95. The van der Waals surface area contributed by atoms with Crippen LogP contribution in [0.25, 0.3) is 23.0 Å². The monoisotopic (exact) mass is 538 g/mol. The van der Waals surface area contributed by atoms with E-state index in [2.05, 4.69) is 21.3 Å². The molecule has 7 nitrogen and oxygen atoms in total. The molecular weight excluding hydrogens is 509 g/mol. The predicted octanol–water partition coefficient (Wildman–Crippen LogP) is 6.61. The zero-order valence-corrected chi connectivity index (χ0v) is 22.0. The smallest absolute Gasteiger partial charge is 0.398 e. The molecule has 0 amide bonds. The second-order valence-electron chi connectivity index (χ2n) is 10.1. The number of carbonyl (C=O) groups excluding carboxylic acids is 1. The molecule has 1 atom stereocenters. The van der Waals surface area contributed by atoms with Gasteiger partial charge in [0.1, 0.15) is 0 Å². The zero-order chi connectivity index (χ0) is 27.8. The summed E-state index contributed by atoms with van der Waals surface area (Å²) in [6, 6.07) is 16.1. The Morgan fingerprint density at radius 3 is 2.56 bits per heavy atom. The van der Waals surface area contributed by atoms with Crippen LogP contribution in [0.4, 0.5) is 13.2 Å². The van der Waals surface area contributed by atoms with Crippen molar-refractivity contribution in [3.63, 3.8) is 0 Å². The topological polar surface area (TPSA) is 83.0 Å². The fourth-order valence-corrected chi connectivity index (χ4v) is 4.61. The van der Waals surface area contributed by atoms with E-state index < -0.39 is 11.6 Å². The number of alkyl halides is 3. The van der Waals surface area contributed by atoms with Gasteiger partial charge < -0.3 is 9.26 Å². The van der Waals surface area contributed by atoms with Crippen molar-refractivity contribution in [1.29, 1.82) is 0 Å². The fourth-order valence-electron chi connectivity index (χ4n) is 4.61. The molecule has 0 aliphatic heterocycles. The third-order valence-corrected chi connectivity index (χ3v) is 7.25. The van der Waals surface area contributed by atoms with Crippen molar-refractivity contribution in [1.82, 2.24) is 19.9 Å². The number of carbonyl (C=O) groups is 1. The van der Waals surface area contributed by atoms with Gasteiger partial charge >= 0.3 is 12.1 Å². The molecule has 1 saturated carbocycles. The molecule has 0 saturated heterocycles. The Bertz CT molecular complexity index is 1470. The highest BCUT2D eigenvalue weighted by atomic mass is 19.4. The number of nitrogens with zero attached hydrogens (tertiary/aromatic N) is 4. The van der Waals surface area contributed by atoms with E-state index in [1.165, 1.54) is 12.1 Å². The van der Waals surface area contributed by atoms with E-state index in [-0.39, 0.29) is 42.0 Å². The van der Waals surface area contributed by atoms with E-state index in [9.17, 15) is 18.0 Å². The Kier molecular flexibility index (Phi) is 7.05. The maximum atomic E-state index is 13.4. The molecule has 10 heteroatoms. The molecule has 2 aromatic heterocycles. The molecule has 1 aliphatic carbocycles. The number of halogens is 3. The molecule has 2 heterocycles. The first kappa shape index (κ1) is 26.6. The van der Waals surface area contributed by atoms with E-state index in [4.69, 9.17) is 9.26 Å². The molecule has 0 spiro atoms. The van der Waals surface area contributed by atoms with Gasteiger partial charge in [-0.05, 0) is 42.5 Å². The van der Waals surface area contributed by atoms with Crippen LogP contribution in [0, 0.1) is 6.92 Å². The van der Waals surface area contributed by atoms with Gasteiger partial charge in [0.2, 0.25) is 5.82 Å². The van der Waals surface area contributed by atoms with Gasteiger partial charge in [0.15, 0.2) is 5.69 Å². The quantitative estimate of drug-likeness (QED) is 0.223. The Labute approximate surface area is 224 Å². The van der Waals surface area contributed by atoms with Gasteiger partial charge in [0, 0.05) is 23.6 Å². The molecule has 4 aromatic rings. The molecule has 0 radical (unpaired) electrons. The average Bonchev–Trinajstić information content (AvgIpc) is 3.48. The highest BCUT2D eigenvalue weighted by Crippen LogP contribution is 2.58. The highest BCUT2D eigenvalue weighted by Gasteiger charge is 2.64. The summed E-state index contributed by atoms with van der Waals surface area (Å²) in [5, 5.41) is 8.65. The van der Waals surface area contributed by atoms with Crippen LogP contribution in [0.3, 0.4) is 0 Å². The van der Waals surface area contributed by atoms with Crippen LogP contribution in [-0.2, 0) is 21.5 Å². The Morgan fingerprint density at radius 1 is 1.15 bits per heavy atom. The highest BCUT2D eigenvalue weighted by molar-refractivity contribution is 5.68. The molecule has 0 bridgehead atoms. The lowest BCUT2D eigenvalue weighted by atomic mass is 9.94. The summed E-state index contributed by atoms with van der Waals surface area (Å²) in [5.74, 6) is 0.354. The van der Waals surface area contributed by atoms with Gasteiger partial charge in [-0.1, -0.05) is 67.5 Å². The van der Waals surface area contributed by atoms with Crippen molar-refractivity contribution in [2.45, 2.75) is 64.1 Å². The number of hydrogen-bond donors (Lipinski definition) is 0. The van der Waals surface area contributed by atoms with Gasteiger partial charge in [-0.25, -0.2) is 0 Å². The van der Waals surface area contributed by atoms with Crippen LogP contribution in [0.15, 0.2) is 59.1 Å². The number of aryl methyl sites for hydroxylation is 1. The van der Waals surface area contributed by atoms with Crippen molar-refractivity contribution in [3.8, 4) is 23.0 Å². The summed E-state index contributed by atoms with van der Waals surface area (Å²) in [6.45, 7) is 6.56. The first-order chi connectivity index (χ1) is 18.6. The maximum Gasteiger partial charge on any atom is 0.398 e. The van der Waals surface area contributed by atoms with Crippen molar-refractivity contribution < 1.29 is 27.2 Å². The van der Waals surface area contributed by atoms with Gasteiger partial charge in [0.25, 0.3) is 5.89 Å². The summed E-state index contributed by atoms with van der Waals surface area (Å²) >= 11 is 0. The molecule has 204 valence electrons. The lowest BCUT2D eigenvalue weighted by Crippen LogP contribution is -2.28. The van der Waals surface area contributed by atoms with Gasteiger partial charge in [-0.3, -0.25) is 9.48 Å². The number of hydrogen-bond acceptors (Lipinski definition) is 6. The van der Waals surface area contributed by atoms with Gasteiger partial charge in [-0.2, -0.15) is 23.3 Å². The second kappa shape index (κ2) is 10.3. The minimum atomic E-state index is -4.26. The maximum absolute atomic E-state index is 13.4. The molecule has 39 heavy (non-hydrogen) atoms. The number of rotatable bonds is 9. The molecule has 1 unspecified atom stereocenters. The van der Waals surface area contributed by atoms with Crippen LogP contribution >= 0.6 is 0 Å². The minimum absolute atomic E-state index is 0.0591. The summed E-state index contributed by atoms with van der Waals surface area (Å²) in [6.07, 6.45) is -3.68. The summed E-state index contributed by atoms with van der Waals surface area (Å²) in [7, 11) is 0. The zero-order valence-electron chi connectivity index (χ0n) is 22.0. The summed E-state index contributed by atoms with van der Waals surface area (Å²) < 4.78 is 52.8. The molecule has 0 N–H and O–H groups in total. The Balaban J connectivity index is 1.28. The van der Waals surface area contributed by atoms with E-state index in [0.717, 1.165) is 16.8 Å². The largest absolute Gasteiger partial charge is 0.465 e. The van der Waals surface area contributed by atoms with Crippen LogP contribution in [0.1, 0.15) is 61.4 Å². The third-order valence-electron chi connectivity index (χ3n) is 7.25. The molecule has 2 aromatic carbocycles. The predicted molar refractivity (Wildman–Crippen MR) is 138 cm³/mol.